The van der Waals surface area contributed by atoms with Crippen molar-refractivity contribution in [1.82, 2.24) is 10.9 Å². The van der Waals surface area contributed by atoms with E-state index in [1.807, 2.05) is 26.8 Å². The van der Waals surface area contributed by atoms with E-state index in [0.717, 1.165) is 5.70 Å². The fourth-order valence-corrected chi connectivity index (χ4v) is 1.68. The number of rotatable bonds is 3. The summed E-state index contributed by atoms with van der Waals surface area (Å²) < 4.78 is 5.21. The molecule has 16 heavy (non-hydrogen) atoms. The van der Waals surface area contributed by atoms with Crippen LogP contribution in [-0.2, 0) is 9.53 Å². The van der Waals surface area contributed by atoms with Crippen LogP contribution >= 0.6 is 12.2 Å². The number of hydrazine groups is 1. The van der Waals surface area contributed by atoms with Gasteiger partial charge in [0.25, 0.3) is 0 Å². The van der Waals surface area contributed by atoms with Crippen LogP contribution in [0.3, 0.4) is 0 Å². The smallest absolute Gasteiger partial charge is 0.313 e. The molecular weight excluding hydrogens is 226 g/mol. The lowest BCUT2D eigenvalue weighted by molar-refractivity contribution is -0.147. The summed E-state index contributed by atoms with van der Waals surface area (Å²) in [6.07, 6.45) is 2.49. The summed E-state index contributed by atoms with van der Waals surface area (Å²) in [7, 11) is 0. The number of hydrogen-bond acceptors (Lipinski definition) is 4. The molecule has 1 aliphatic heterocycles. The molecule has 90 valence electrons. The van der Waals surface area contributed by atoms with Gasteiger partial charge in [-0.3, -0.25) is 10.2 Å². The number of hydrogen-bond donors (Lipinski definition) is 3. The molecule has 0 unspecified atom stereocenters. The topological polar surface area (TPSA) is 76.4 Å². The first-order valence-corrected chi connectivity index (χ1v) is 5.44. The van der Waals surface area contributed by atoms with Gasteiger partial charge in [-0.1, -0.05) is 0 Å². The zero-order valence-electron chi connectivity index (χ0n) is 9.66. The summed E-state index contributed by atoms with van der Waals surface area (Å²) in [5.41, 5.74) is 11.1. The SMILES string of the molecule is C/C(=C/[C@H]1CC(C)(C)OC1=O)NNC(N)=S. The maximum Gasteiger partial charge on any atom is 0.313 e. The van der Waals surface area contributed by atoms with Crippen LogP contribution in [0.25, 0.3) is 0 Å². The minimum Gasteiger partial charge on any atom is -0.459 e. The number of ether oxygens (including phenoxy) is 1. The zero-order chi connectivity index (χ0) is 12.3. The molecule has 1 fully saturated rings. The largest absolute Gasteiger partial charge is 0.459 e. The lowest BCUT2D eigenvalue weighted by Gasteiger charge is -2.14. The van der Waals surface area contributed by atoms with Crippen LogP contribution in [0.1, 0.15) is 27.2 Å². The maximum atomic E-state index is 11.5. The van der Waals surface area contributed by atoms with Crippen molar-refractivity contribution in [2.24, 2.45) is 11.7 Å². The molecule has 0 bridgehead atoms. The van der Waals surface area contributed by atoms with Gasteiger partial charge in [-0.25, -0.2) is 0 Å². The first kappa shape index (κ1) is 12.8. The lowest BCUT2D eigenvalue weighted by atomic mass is 9.97. The van der Waals surface area contributed by atoms with E-state index in [9.17, 15) is 4.79 Å². The molecule has 1 aliphatic rings. The molecule has 4 N–H and O–H groups in total. The molecule has 0 aromatic heterocycles. The van der Waals surface area contributed by atoms with Crippen molar-refractivity contribution in [3.8, 4) is 0 Å². The number of cyclic esters (lactones) is 1. The third-order valence-corrected chi connectivity index (χ3v) is 2.33. The number of thiocarbonyl (C=S) groups is 1. The van der Waals surface area contributed by atoms with Gasteiger partial charge in [0.05, 0.1) is 5.92 Å². The van der Waals surface area contributed by atoms with Crippen LogP contribution < -0.4 is 16.6 Å². The minimum absolute atomic E-state index is 0.155. The van der Waals surface area contributed by atoms with Crippen LogP contribution in [0.2, 0.25) is 0 Å². The van der Waals surface area contributed by atoms with Crippen molar-refractivity contribution in [3.05, 3.63) is 11.8 Å². The molecule has 1 saturated heterocycles. The number of esters is 1. The number of carbonyl (C=O) groups is 1. The third kappa shape index (κ3) is 3.69. The molecule has 1 rings (SSSR count). The normalized spacial score (nSPS) is 23.8. The van der Waals surface area contributed by atoms with E-state index in [1.54, 1.807) is 0 Å². The molecule has 0 aromatic rings. The van der Waals surface area contributed by atoms with E-state index < -0.39 is 0 Å². The quantitative estimate of drug-likeness (QED) is 0.382. The van der Waals surface area contributed by atoms with Crippen LogP contribution in [0.5, 0.6) is 0 Å². The first-order chi connectivity index (χ1) is 7.30. The molecule has 0 aliphatic carbocycles. The number of allylic oxidation sites excluding steroid dienone is 1. The van der Waals surface area contributed by atoms with Crippen LogP contribution in [0.4, 0.5) is 0 Å². The Morgan fingerprint density at radius 3 is 2.69 bits per heavy atom. The lowest BCUT2D eigenvalue weighted by Crippen LogP contribution is -2.39. The van der Waals surface area contributed by atoms with Crippen molar-refractivity contribution >= 4 is 23.3 Å². The summed E-state index contributed by atoms with van der Waals surface area (Å²) in [5.74, 6) is -0.405. The third-order valence-electron chi connectivity index (χ3n) is 2.23. The Kier molecular flexibility index (Phi) is 3.74. The predicted molar refractivity (Wildman–Crippen MR) is 65.1 cm³/mol. The summed E-state index contributed by atoms with van der Waals surface area (Å²) in [6, 6.07) is 0. The van der Waals surface area contributed by atoms with Gasteiger partial charge in [0.2, 0.25) is 0 Å². The zero-order valence-corrected chi connectivity index (χ0v) is 10.5. The Balaban J connectivity index is 2.56. The van der Waals surface area contributed by atoms with Crippen molar-refractivity contribution in [1.29, 1.82) is 0 Å². The number of nitrogens with two attached hydrogens (primary N) is 1. The molecule has 0 amide bonds. The van der Waals surface area contributed by atoms with E-state index in [-0.39, 0.29) is 22.6 Å². The molecule has 0 aromatic carbocycles. The maximum absolute atomic E-state index is 11.5. The molecular formula is C10H17N3O2S. The van der Waals surface area contributed by atoms with Crippen molar-refractivity contribution < 1.29 is 9.53 Å². The van der Waals surface area contributed by atoms with Crippen LogP contribution in [0.15, 0.2) is 11.8 Å². The summed E-state index contributed by atoms with van der Waals surface area (Å²) >= 11 is 4.64. The average molecular weight is 243 g/mol. The summed E-state index contributed by atoms with van der Waals surface area (Å²) in [4.78, 5) is 11.5. The van der Waals surface area contributed by atoms with Gasteiger partial charge in [0, 0.05) is 12.1 Å². The Bertz CT molecular complexity index is 339. The van der Waals surface area contributed by atoms with E-state index in [0.29, 0.717) is 6.42 Å². The molecule has 0 saturated carbocycles. The van der Waals surface area contributed by atoms with Gasteiger partial charge in [0.1, 0.15) is 5.60 Å². The van der Waals surface area contributed by atoms with Gasteiger partial charge < -0.3 is 15.9 Å². The molecule has 5 nitrogen and oxygen atoms in total. The van der Waals surface area contributed by atoms with E-state index in [1.165, 1.54) is 0 Å². The second kappa shape index (κ2) is 4.69. The fourth-order valence-electron chi connectivity index (χ4n) is 1.63. The standard InChI is InChI=1S/C10H17N3O2S/c1-6(12-13-9(11)16)4-7-5-10(2,3)15-8(7)14/h4,7,12H,5H2,1-3H3,(H3,11,13,16)/b6-4-/t7-/m0/s1. The van der Waals surface area contributed by atoms with Crippen molar-refractivity contribution in [3.63, 3.8) is 0 Å². The monoisotopic (exact) mass is 243 g/mol. The van der Waals surface area contributed by atoms with Crippen LogP contribution in [0, 0.1) is 5.92 Å². The van der Waals surface area contributed by atoms with Crippen LogP contribution in [-0.4, -0.2) is 16.7 Å². The average Bonchev–Trinajstić information content (AvgIpc) is 2.36. The predicted octanol–water partition coefficient (Wildman–Crippen LogP) is 0.570. The van der Waals surface area contributed by atoms with Crippen molar-refractivity contribution in [2.45, 2.75) is 32.8 Å². The Morgan fingerprint density at radius 2 is 2.25 bits per heavy atom. The Hall–Kier alpha value is -1.30. The summed E-state index contributed by atoms with van der Waals surface area (Å²) in [5, 5.41) is 0.155. The Labute approximate surface area is 100 Å². The highest BCUT2D eigenvalue weighted by atomic mass is 32.1. The molecule has 1 heterocycles. The minimum atomic E-state index is -0.380. The second-order valence-corrected chi connectivity index (χ2v) is 4.90. The summed E-state index contributed by atoms with van der Waals surface area (Å²) in [6.45, 7) is 5.62. The van der Waals surface area contributed by atoms with Gasteiger partial charge in [0.15, 0.2) is 5.11 Å². The first-order valence-electron chi connectivity index (χ1n) is 5.03. The molecule has 0 radical (unpaired) electrons. The van der Waals surface area contributed by atoms with E-state index in [4.69, 9.17) is 10.5 Å². The Morgan fingerprint density at radius 1 is 1.62 bits per heavy atom. The van der Waals surface area contributed by atoms with Gasteiger partial charge in [-0.2, -0.15) is 0 Å². The number of nitrogens with one attached hydrogen (secondary N) is 2. The number of carbonyl (C=O) groups excluding carboxylic acids is 1. The second-order valence-electron chi connectivity index (χ2n) is 4.46. The highest BCUT2D eigenvalue weighted by Gasteiger charge is 2.38. The highest BCUT2D eigenvalue weighted by Crippen LogP contribution is 2.31. The van der Waals surface area contributed by atoms with Gasteiger partial charge >= 0.3 is 5.97 Å². The fraction of sp³-hybridized carbons (Fsp3) is 0.600. The molecule has 6 heteroatoms. The van der Waals surface area contributed by atoms with Crippen molar-refractivity contribution in [2.75, 3.05) is 0 Å². The van der Waals surface area contributed by atoms with E-state index in [2.05, 4.69) is 23.1 Å². The van der Waals surface area contributed by atoms with E-state index >= 15 is 0 Å². The molecule has 1 atom stereocenters. The highest BCUT2D eigenvalue weighted by molar-refractivity contribution is 7.80. The van der Waals surface area contributed by atoms with Gasteiger partial charge in [-0.15, -0.1) is 0 Å². The molecule has 0 spiro atoms. The van der Waals surface area contributed by atoms with Gasteiger partial charge in [-0.05, 0) is 39.1 Å².